The van der Waals surface area contributed by atoms with E-state index in [1.165, 1.54) is 7.11 Å². The Morgan fingerprint density at radius 2 is 1.97 bits per heavy atom. The maximum atomic E-state index is 13.7. The zero-order valence-electron chi connectivity index (χ0n) is 19.2. The number of fused-ring (bicyclic) bond motifs is 4. The van der Waals surface area contributed by atoms with Crippen LogP contribution in [0.25, 0.3) is 10.8 Å². The van der Waals surface area contributed by atoms with Crippen LogP contribution in [0.4, 0.5) is 20.3 Å². The molecule has 35 heavy (non-hydrogen) atoms. The van der Waals surface area contributed by atoms with Gasteiger partial charge in [-0.2, -0.15) is 9.97 Å². The molecule has 2 aromatic carbocycles. The lowest BCUT2D eigenvalue weighted by Crippen LogP contribution is -2.58. The molecule has 2 fully saturated rings. The minimum Gasteiger partial charge on any atom is -0.467 e. The number of hydrogen-bond acceptors (Lipinski definition) is 7. The quantitative estimate of drug-likeness (QED) is 0.567. The SMILES string of the molecule is COc1nc2c(c(N3CC4CC(O)(C(F)F)C(C3)N4)n1)CCN(c1cccc3cccc(Cl)c13)C2. The van der Waals surface area contributed by atoms with Gasteiger partial charge in [0.1, 0.15) is 11.4 Å². The van der Waals surface area contributed by atoms with E-state index in [0.29, 0.717) is 30.4 Å². The molecule has 0 spiro atoms. The first-order valence-corrected chi connectivity index (χ1v) is 12.1. The molecular weight excluding hydrogens is 476 g/mol. The van der Waals surface area contributed by atoms with Crippen molar-refractivity contribution in [1.82, 2.24) is 15.3 Å². The van der Waals surface area contributed by atoms with Gasteiger partial charge in [-0.3, -0.25) is 0 Å². The van der Waals surface area contributed by atoms with Crippen LogP contribution in [0.3, 0.4) is 0 Å². The summed E-state index contributed by atoms with van der Waals surface area (Å²) in [6.07, 6.45) is -2.10. The van der Waals surface area contributed by atoms with Crippen LogP contribution in [-0.2, 0) is 13.0 Å². The molecule has 2 bridgehead atoms. The predicted octanol–water partition coefficient (Wildman–Crippen LogP) is 3.40. The van der Waals surface area contributed by atoms with Crippen LogP contribution in [0.15, 0.2) is 36.4 Å². The van der Waals surface area contributed by atoms with Crippen molar-refractivity contribution in [3.63, 3.8) is 0 Å². The van der Waals surface area contributed by atoms with Crippen LogP contribution in [-0.4, -0.2) is 65.9 Å². The fraction of sp³-hybridized carbons (Fsp3) is 0.440. The van der Waals surface area contributed by atoms with Crippen molar-refractivity contribution in [3.05, 3.63) is 52.7 Å². The van der Waals surface area contributed by atoms with Gasteiger partial charge in [0.15, 0.2) is 0 Å². The van der Waals surface area contributed by atoms with Gasteiger partial charge in [0.05, 0.1) is 30.4 Å². The molecule has 0 aliphatic carbocycles. The highest BCUT2D eigenvalue weighted by molar-refractivity contribution is 6.36. The molecule has 184 valence electrons. The monoisotopic (exact) mass is 501 g/mol. The van der Waals surface area contributed by atoms with Crippen LogP contribution in [0.2, 0.25) is 5.02 Å². The van der Waals surface area contributed by atoms with Gasteiger partial charge in [-0.15, -0.1) is 0 Å². The predicted molar refractivity (Wildman–Crippen MR) is 131 cm³/mol. The molecule has 4 heterocycles. The van der Waals surface area contributed by atoms with E-state index in [2.05, 4.69) is 26.3 Å². The fourth-order valence-corrected chi connectivity index (χ4v) is 6.09. The molecule has 7 nitrogen and oxygen atoms in total. The Balaban J connectivity index is 1.35. The molecule has 0 saturated carbocycles. The van der Waals surface area contributed by atoms with Gasteiger partial charge in [0.25, 0.3) is 6.43 Å². The van der Waals surface area contributed by atoms with Crippen LogP contribution >= 0.6 is 11.6 Å². The second-order valence-electron chi connectivity index (χ2n) is 9.56. The van der Waals surface area contributed by atoms with E-state index in [1.807, 2.05) is 35.2 Å². The maximum Gasteiger partial charge on any atom is 0.318 e. The number of alkyl halides is 2. The van der Waals surface area contributed by atoms with E-state index < -0.39 is 18.1 Å². The number of rotatable bonds is 4. The first kappa shape index (κ1) is 22.7. The number of aromatic nitrogens is 2. The Hall–Kier alpha value is -2.75. The number of nitrogens with one attached hydrogen (secondary N) is 1. The summed E-state index contributed by atoms with van der Waals surface area (Å²) in [6.45, 7) is 2.01. The van der Waals surface area contributed by atoms with Gasteiger partial charge in [-0.1, -0.05) is 35.9 Å². The van der Waals surface area contributed by atoms with Crippen LogP contribution in [0, 0.1) is 0 Å². The number of hydrogen-bond donors (Lipinski definition) is 2. The zero-order chi connectivity index (χ0) is 24.3. The summed E-state index contributed by atoms with van der Waals surface area (Å²) < 4.78 is 32.7. The molecule has 10 heteroatoms. The Kier molecular flexibility index (Phi) is 5.47. The number of aliphatic hydroxyl groups is 1. The van der Waals surface area contributed by atoms with Gasteiger partial charge in [0, 0.05) is 48.7 Å². The lowest BCUT2D eigenvalue weighted by Gasteiger charge is -2.38. The summed E-state index contributed by atoms with van der Waals surface area (Å²) in [6, 6.07) is 11.3. The summed E-state index contributed by atoms with van der Waals surface area (Å²) in [4.78, 5) is 13.5. The van der Waals surface area contributed by atoms with Gasteiger partial charge in [-0.05, 0) is 23.9 Å². The highest BCUT2D eigenvalue weighted by Crippen LogP contribution is 2.40. The van der Waals surface area contributed by atoms with Crippen molar-refractivity contribution in [2.75, 3.05) is 36.5 Å². The lowest BCUT2D eigenvalue weighted by molar-refractivity contribution is -0.0999. The van der Waals surface area contributed by atoms with Crippen molar-refractivity contribution in [2.45, 2.75) is 43.5 Å². The molecule has 3 atom stereocenters. The van der Waals surface area contributed by atoms with E-state index in [-0.39, 0.29) is 25.0 Å². The molecule has 1 aromatic heterocycles. The Labute approximate surface area is 206 Å². The van der Waals surface area contributed by atoms with Gasteiger partial charge in [-0.25, -0.2) is 8.78 Å². The Bertz CT molecular complexity index is 1290. The van der Waals surface area contributed by atoms with Crippen molar-refractivity contribution in [1.29, 1.82) is 0 Å². The average molecular weight is 502 g/mol. The summed E-state index contributed by atoms with van der Waals surface area (Å²) in [5.74, 6) is 0.706. The molecule has 0 amide bonds. The van der Waals surface area contributed by atoms with E-state index in [9.17, 15) is 13.9 Å². The molecule has 0 radical (unpaired) electrons. The minimum atomic E-state index is -2.81. The molecule has 2 N–H and O–H groups in total. The third-order valence-corrected chi connectivity index (χ3v) is 7.83. The van der Waals surface area contributed by atoms with Crippen molar-refractivity contribution < 1.29 is 18.6 Å². The van der Waals surface area contributed by atoms with E-state index in [1.54, 1.807) is 0 Å². The van der Waals surface area contributed by atoms with E-state index in [0.717, 1.165) is 34.3 Å². The second kappa shape index (κ2) is 8.43. The highest BCUT2D eigenvalue weighted by atomic mass is 35.5. The maximum absolute atomic E-state index is 13.7. The molecule has 3 unspecified atom stereocenters. The number of halogens is 3. The van der Waals surface area contributed by atoms with Crippen LogP contribution in [0.5, 0.6) is 6.01 Å². The molecular formula is C25H26ClF2N5O2. The largest absolute Gasteiger partial charge is 0.467 e. The third-order valence-electron chi connectivity index (χ3n) is 7.51. The summed E-state index contributed by atoms with van der Waals surface area (Å²) >= 11 is 6.58. The zero-order valence-corrected chi connectivity index (χ0v) is 20.0. The number of ether oxygens (including phenoxy) is 1. The fourth-order valence-electron chi connectivity index (χ4n) is 5.81. The second-order valence-corrected chi connectivity index (χ2v) is 9.97. The summed E-state index contributed by atoms with van der Waals surface area (Å²) in [5, 5.41) is 16.5. The molecule has 3 aromatic rings. The van der Waals surface area contributed by atoms with Crippen LogP contribution < -0.4 is 19.9 Å². The normalized spacial score (nSPS) is 25.9. The van der Waals surface area contributed by atoms with Gasteiger partial charge < -0.3 is 25.0 Å². The number of nitrogens with zero attached hydrogens (tertiary/aromatic N) is 4. The number of anilines is 2. The average Bonchev–Trinajstić information content (AvgIpc) is 3.11. The summed E-state index contributed by atoms with van der Waals surface area (Å²) in [7, 11) is 1.52. The van der Waals surface area contributed by atoms with E-state index in [4.69, 9.17) is 16.3 Å². The standard InChI is InChI=1S/C25H26ClF2N5O2/c1-35-24-30-18-12-32(19-7-3-5-14-4-2-6-17(26)21(14)19)9-8-16(18)22(31-24)33-11-15-10-25(34,23(27)28)20(13-33)29-15/h2-7,15,20,23,29,34H,8-13H2,1H3. The first-order chi connectivity index (χ1) is 16.9. The molecule has 3 aliphatic heterocycles. The van der Waals surface area contributed by atoms with Crippen molar-refractivity contribution >= 4 is 33.9 Å². The number of methoxy groups -OCH3 is 1. The first-order valence-electron chi connectivity index (χ1n) is 11.7. The topological polar surface area (TPSA) is 73.8 Å². The highest BCUT2D eigenvalue weighted by Gasteiger charge is 2.55. The Morgan fingerprint density at radius 3 is 2.74 bits per heavy atom. The molecule has 3 aliphatic rings. The smallest absolute Gasteiger partial charge is 0.318 e. The van der Waals surface area contributed by atoms with Gasteiger partial charge >= 0.3 is 6.01 Å². The molecule has 2 saturated heterocycles. The van der Waals surface area contributed by atoms with Gasteiger partial charge in [0.2, 0.25) is 0 Å². The Morgan fingerprint density at radius 1 is 1.17 bits per heavy atom. The van der Waals surface area contributed by atoms with Crippen molar-refractivity contribution in [3.8, 4) is 6.01 Å². The molecule has 6 rings (SSSR count). The third kappa shape index (κ3) is 3.68. The van der Waals surface area contributed by atoms with E-state index >= 15 is 0 Å². The minimum absolute atomic E-state index is 0.0197. The van der Waals surface area contributed by atoms with Crippen LogP contribution in [0.1, 0.15) is 17.7 Å². The number of piperazine rings is 1. The van der Waals surface area contributed by atoms with Crippen molar-refractivity contribution in [2.24, 2.45) is 0 Å². The summed E-state index contributed by atoms with van der Waals surface area (Å²) in [5.41, 5.74) is 0.855. The lowest BCUT2D eigenvalue weighted by atomic mass is 9.95. The number of benzene rings is 2.